The lowest BCUT2D eigenvalue weighted by molar-refractivity contribution is 0.0464. The van der Waals surface area contributed by atoms with E-state index in [1.54, 1.807) is 38.1 Å². The van der Waals surface area contributed by atoms with Gasteiger partial charge >= 0.3 is 5.97 Å². The number of carbonyl (C=O) groups excluding carboxylic acids is 1. The Hall–Kier alpha value is -2.45. The highest BCUT2D eigenvalue weighted by atomic mass is 32.2. The number of sulfonamides is 1. The van der Waals surface area contributed by atoms with Gasteiger partial charge in [0.25, 0.3) is 0 Å². The fourth-order valence-corrected chi connectivity index (χ4v) is 4.16. The van der Waals surface area contributed by atoms with Crippen LogP contribution in [0.25, 0.3) is 0 Å². The number of carbonyl (C=O) groups is 1. The van der Waals surface area contributed by atoms with Gasteiger partial charge in [-0.05, 0) is 31.2 Å². The second-order valence-corrected chi connectivity index (χ2v) is 7.79. The van der Waals surface area contributed by atoms with Crippen molar-refractivity contribution in [1.82, 2.24) is 4.31 Å². The molecule has 0 atom stereocenters. The van der Waals surface area contributed by atoms with E-state index in [0.717, 1.165) is 18.2 Å². The molecule has 6 nitrogen and oxygen atoms in total. The minimum atomic E-state index is -3.82. The molecule has 152 valence electrons. The van der Waals surface area contributed by atoms with Gasteiger partial charge in [0.05, 0.1) is 17.1 Å². The summed E-state index contributed by atoms with van der Waals surface area (Å²) in [6.07, 6.45) is 0. The standard InChI is InChI=1S/C20H24FNO5S/c1-4-22(5-2)28(24,25)16-11-12-18(21)17(13-16)20(23)27-14-15-9-7-8-10-19(15)26-6-3/h7-13H,4-6,14H2,1-3H3. The average Bonchev–Trinajstić information content (AvgIpc) is 2.68. The zero-order valence-corrected chi connectivity index (χ0v) is 17.0. The SMILES string of the molecule is CCOc1ccccc1COC(=O)c1cc(S(=O)(=O)N(CC)CC)ccc1F. The van der Waals surface area contributed by atoms with Crippen molar-refractivity contribution in [2.45, 2.75) is 32.3 Å². The summed E-state index contributed by atoms with van der Waals surface area (Å²) in [5, 5.41) is 0. The van der Waals surface area contributed by atoms with Crippen molar-refractivity contribution in [1.29, 1.82) is 0 Å². The van der Waals surface area contributed by atoms with Gasteiger partial charge in [-0.25, -0.2) is 17.6 Å². The molecule has 2 rings (SSSR count). The van der Waals surface area contributed by atoms with Crippen LogP contribution in [0.3, 0.4) is 0 Å². The molecule has 0 spiro atoms. The van der Waals surface area contributed by atoms with Gasteiger partial charge in [0.2, 0.25) is 10.0 Å². The van der Waals surface area contributed by atoms with Gasteiger partial charge in [-0.15, -0.1) is 0 Å². The monoisotopic (exact) mass is 409 g/mol. The van der Waals surface area contributed by atoms with Crippen molar-refractivity contribution in [2.75, 3.05) is 19.7 Å². The minimum absolute atomic E-state index is 0.124. The van der Waals surface area contributed by atoms with Crippen LogP contribution in [-0.4, -0.2) is 38.4 Å². The lowest BCUT2D eigenvalue weighted by Crippen LogP contribution is -2.30. The number of nitrogens with zero attached hydrogens (tertiary/aromatic N) is 1. The van der Waals surface area contributed by atoms with E-state index >= 15 is 0 Å². The predicted molar refractivity (Wildman–Crippen MR) is 103 cm³/mol. The summed E-state index contributed by atoms with van der Waals surface area (Å²) in [4.78, 5) is 12.2. The molecule has 0 bridgehead atoms. The number of hydrogen-bond acceptors (Lipinski definition) is 5. The van der Waals surface area contributed by atoms with Crippen LogP contribution < -0.4 is 4.74 Å². The Labute approximate surface area is 164 Å². The maximum atomic E-state index is 14.2. The Morgan fingerprint density at radius 3 is 2.39 bits per heavy atom. The lowest BCUT2D eigenvalue weighted by Gasteiger charge is -2.18. The molecule has 0 saturated heterocycles. The molecule has 0 unspecified atom stereocenters. The molecule has 0 fully saturated rings. The maximum absolute atomic E-state index is 14.2. The first kappa shape index (κ1) is 21.8. The van der Waals surface area contributed by atoms with Crippen LogP contribution in [0.5, 0.6) is 5.75 Å². The molecule has 0 aliphatic rings. The molecule has 0 saturated carbocycles. The first-order valence-electron chi connectivity index (χ1n) is 9.02. The molecule has 28 heavy (non-hydrogen) atoms. The summed E-state index contributed by atoms with van der Waals surface area (Å²) < 4.78 is 51.3. The Morgan fingerprint density at radius 2 is 1.75 bits per heavy atom. The van der Waals surface area contributed by atoms with Crippen LogP contribution in [0.1, 0.15) is 36.7 Å². The molecule has 0 radical (unpaired) electrons. The van der Waals surface area contributed by atoms with E-state index in [1.165, 1.54) is 4.31 Å². The van der Waals surface area contributed by atoms with Gasteiger partial charge < -0.3 is 9.47 Å². The normalized spacial score (nSPS) is 11.5. The van der Waals surface area contributed by atoms with Gasteiger partial charge in [-0.2, -0.15) is 4.31 Å². The van der Waals surface area contributed by atoms with Gasteiger partial charge in [0.15, 0.2) is 0 Å². The van der Waals surface area contributed by atoms with Crippen molar-refractivity contribution in [3.05, 3.63) is 59.4 Å². The summed E-state index contributed by atoms with van der Waals surface area (Å²) in [6.45, 7) is 6.10. The quantitative estimate of drug-likeness (QED) is 0.592. The predicted octanol–water partition coefficient (Wildman–Crippen LogP) is 3.61. The van der Waals surface area contributed by atoms with Gasteiger partial charge in [0.1, 0.15) is 18.2 Å². The maximum Gasteiger partial charge on any atom is 0.341 e. The van der Waals surface area contributed by atoms with Crippen LogP contribution in [-0.2, 0) is 21.4 Å². The number of ether oxygens (including phenoxy) is 2. The Morgan fingerprint density at radius 1 is 1.07 bits per heavy atom. The number of benzene rings is 2. The molecular formula is C20H24FNO5S. The lowest BCUT2D eigenvalue weighted by atomic mass is 10.2. The van der Waals surface area contributed by atoms with Crippen molar-refractivity contribution >= 4 is 16.0 Å². The molecule has 0 heterocycles. The molecule has 0 aliphatic carbocycles. The van der Waals surface area contributed by atoms with E-state index in [0.29, 0.717) is 17.9 Å². The van der Waals surface area contributed by atoms with Crippen molar-refractivity contribution in [3.63, 3.8) is 0 Å². The number of halogens is 1. The van der Waals surface area contributed by atoms with Crippen LogP contribution >= 0.6 is 0 Å². The molecule has 2 aromatic carbocycles. The van der Waals surface area contributed by atoms with Gasteiger partial charge in [-0.3, -0.25) is 0 Å². The highest BCUT2D eigenvalue weighted by molar-refractivity contribution is 7.89. The fraction of sp³-hybridized carbons (Fsp3) is 0.350. The summed E-state index contributed by atoms with van der Waals surface area (Å²) >= 11 is 0. The molecule has 2 aromatic rings. The first-order chi connectivity index (χ1) is 13.3. The highest BCUT2D eigenvalue weighted by Gasteiger charge is 2.25. The molecule has 8 heteroatoms. The van der Waals surface area contributed by atoms with E-state index < -0.39 is 27.4 Å². The van der Waals surface area contributed by atoms with Crippen LogP contribution in [0.15, 0.2) is 47.4 Å². The minimum Gasteiger partial charge on any atom is -0.493 e. The Balaban J connectivity index is 2.25. The molecule has 0 aliphatic heterocycles. The number of hydrogen-bond donors (Lipinski definition) is 0. The van der Waals surface area contributed by atoms with Crippen LogP contribution in [0.4, 0.5) is 4.39 Å². The van der Waals surface area contributed by atoms with E-state index in [1.807, 2.05) is 6.92 Å². The Kier molecular flexibility index (Phi) is 7.53. The summed E-state index contributed by atoms with van der Waals surface area (Å²) in [7, 11) is -3.82. The van der Waals surface area contributed by atoms with Gasteiger partial charge in [-0.1, -0.05) is 32.0 Å². The Bertz CT molecular complexity index is 926. The molecule has 0 N–H and O–H groups in total. The molecular weight excluding hydrogens is 385 g/mol. The third kappa shape index (κ3) is 4.88. The third-order valence-electron chi connectivity index (χ3n) is 4.13. The molecule has 0 aromatic heterocycles. The first-order valence-corrected chi connectivity index (χ1v) is 10.5. The average molecular weight is 409 g/mol. The zero-order chi connectivity index (χ0) is 20.7. The van der Waals surface area contributed by atoms with E-state index in [-0.39, 0.29) is 24.6 Å². The van der Waals surface area contributed by atoms with E-state index in [9.17, 15) is 17.6 Å². The highest BCUT2D eigenvalue weighted by Crippen LogP contribution is 2.22. The summed E-state index contributed by atoms with van der Waals surface area (Å²) in [5.41, 5.74) is 0.201. The second kappa shape index (κ2) is 9.66. The van der Waals surface area contributed by atoms with Crippen LogP contribution in [0.2, 0.25) is 0 Å². The second-order valence-electron chi connectivity index (χ2n) is 5.85. The largest absolute Gasteiger partial charge is 0.493 e. The zero-order valence-electron chi connectivity index (χ0n) is 16.1. The fourth-order valence-electron chi connectivity index (χ4n) is 2.67. The van der Waals surface area contributed by atoms with Crippen LogP contribution in [0, 0.1) is 5.82 Å². The van der Waals surface area contributed by atoms with E-state index in [2.05, 4.69) is 0 Å². The number of esters is 1. The van der Waals surface area contributed by atoms with Crippen molar-refractivity contribution in [2.24, 2.45) is 0 Å². The summed E-state index contributed by atoms with van der Waals surface area (Å²) in [5.74, 6) is -1.22. The number of para-hydroxylation sites is 1. The van der Waals surface area contributed by atoms with Crippen molar-refractivity contribution in [3.8, 4) is 5.75 Å². The molecule has 0 amide bonds. The summed E-state index contributed by atoms with van der Waals surface area (Å²) in [6, 6.07) is 10.1. The van der Waals surface area contributed by atoms with Gasteiger partial charge in [0, 0.05) is 18.7 Å². The van der Waals surface area contributed by atoms with E-state index in [4.69, 9.17) is 9.47 Å². The smallest absolute Gasteiger partial charge is 0.341 e. The topological polar surface area (TPSA) is 72.9 Å². The van der Waals surface area contributed by atoms with Crippen molar-refractivity contribution < 1.29 is 27.1 Å². The third-order valence-corrected chi connectivity index (χ3v) is 6.18. The number of rotatable bonds is 9.